The summed E-state index contributed by atoms with van der Waals surface area (Å²) in [5.41, 5.74) is 0.486. The fourth-order valence-corrected chi connectivity index (χ4v) is 1.41. The Bertz CT molecular complexity index is 72.5. The molecule has 1 nitrogen and oxygen atoms in total. The third-order valence-electron chi connectivity index (χ3n) is 2.31. The summed E-state index contributed by atoms with van der Waals surface area (Å²) in [6.07, 6.45) is 5.56. The van der Waals surface area contributed by atoms with E-state index in [0.717, 1.165) is 0 Å². The summed E-state index contributed by atoms with van der Waals surface area (Å²) in [4.78, 5) is 0. The molecule has 0 heterocycles. The molecule has 1 saturated carbocycles. The standard InChI is InChI=1S/C7H15N/c1-7(8-2)5-3-4-6-7/h8H,3-6H2,1-2H3. The van der Waals surface area contributed by atoms with Crippen LogP contribution < -0.4 is 5.32 Å². The summed E-state index contributed by atoms with van der Waals surface area (Å²) in [6, 6.07) is 0. The molecule has 1 N–H and O–H groups in total. The molecule has 1 rings (SSSR count). The van der Waals surface area contributed by atoms with Gasteiger partial charge in [-0.25, -0.2) is 0 Å². The van der Waals surface area contributed by atoms with Gasteiger partial charge in [0.05, 0.1) is 0 Å². The molecule has 0 radical (unpaired) electrons. The molecule has 1 aliphatic carbocycles. The van der Waals surface area contributed by atoms with Gasteiger partial charge in [-0.1, -0.05) is 12.8 Å². The minimum absolute atomic E-state index is 0.486. The summed E-state index contributed by atoms with van der Waals surface area (Å²) < 4.78 is 0. The summed E-state index contributed by atoms with van der Waals surface area (Å²) >= 11 is 0. The van der Waals surface area contributed by atoms with Crippen molar-refractivity contribution >= 4 is 0 Å². The SMILES string of the molecule is CNC1(C)CCCC1. The molecule has 0 unspecified atom stereocenters. The second-order valence-corrected chi connectivity index (χ2v) is 3.02. The lowest BCUT2D eigenvalue weighted by molar-refractivity contribution is 0.398. The maximum absolute atomic E-state index is 3.34. The number of rotatable bonds is 1. The molecule has 0 spiro atoms. The minimum Gasteiger partial charge on any atom is -0.315 e. The highest BCUT2D eigenvalue weighted by Gasteiger charge is 2.25. The van der Waals surface area contributed by atoms with Gasteiger partial charge in [0.25, 0.3) is 0 Å². The van der Waals surface area contributed by atoms with Gasteiger partial charge in [-0.15, -0.1) is 0 Å². The fraction of sp³-hybridized carbons (Fsp3) is 1.00. The molecule has 1 fully saturated rings. The predicted octanol–water partition coefficient (Wildman–Crippen LogP) is 1.54. The Labute approximate surface area is 51.5 Å². The topological polar surface area (TPSA) is 12.0 Å². The third kappa shape index (κ3) is 1.03. The monoisotopic (exact) mass is 113 g/mol. The average Bonchev–Trinajstić information content (AvgIpc) is 2.17. The van der Waals surface area contributed by atoms with Crippen LogP contribution in [0.3, 0.4) is 0 Å². The maximum Gasteiger partial charge on any atom is 0.0150 e. The molecule has 0 aromatic rings. The van der Waals surface area contributed by atoms with E-state index < -0.39 is 0 Å². The van der Waals surface area contributed by atoms with Crippen LogP contribution in [-0.2, 0) is 0 Å². The molecule has 8 heavy (non-hydrogen) atoms. The summed E-state index contributed by atoms with van der Waals surface area (Å²) in [5.74, 6) is 0. The lowest BCUT2D eigenvalue weighted by Gasteiger charge is -2.21. The van der Waals surface area contributed by atoms with Crippen molar-refractivity contribution in [2.75, 3.05) is 7.05 Å². The van der Waals surface area contributed by atoms with Crippen LogP contribution in [0.15, 0.2) is 0 Å². The quantitative estimate of drug-likeness (QED) is 0.544. The zero-order valence-electron chi connectivity index (χ0n) is 5.83. The van der Waals surface area contributed by atoms with Crippen molar-refractivity contribution < 1.29 is 0 Å². The van der Waals surface area contributed by atoms with Crippen molar-refractivity contribution in [2.45, 2.75) is 38.1 Å². The van der Waals surface area contributed by atoms with Gasteiger partial charge in [0, 0.05) is 5.54 Å². The Kier molecular flexibility index (Phi) is 1.57. The van der Waals surface area contributed by atoms with Crippen LogP contribution in [0.4, 0.5) is 0 Å². The van der Waals surface area contributed by atoms with Crippen molar-refractivity contribution in [1.29, 1.82) is 0 Å². The molecule has 0 atom stereocenters. The van der Waals surface area contributed by atoms with Crippen LogP contribution in [0.25, 0.3) is 0 Å². The molecule has 1 aliphatic rings. The van der Waals surface area contributed by atoms with Gasteiger partial charge >= 0.3 is 0 Å². The highest BCUT2D eigenvalue weighted by molar-refractivity contribution is 4.86. The Hall–Kier alpha value is -0.0400. The van der Waals surface area contributed by atoms with Crippen LogP contribution in [0, 0.1) is 0 Å². The smallest absolute Gasteiger partial charge is 0.0150 e. The Morgan fingerprint density at radius 2 is 1.75 bits per heavy atom. The van der Waals surface area contributed by atoms with Crippen LogP contribution in [0.2, 0.25) is 0 Å². The van der Waals surface area contributed by atoms with Gasteiger partial charge in [0.1, 0.15) is 0 Å². The molecule has 0 bridgehead atoms. The average molecular weight is 113 g/mol. The predicted molar refractivity (Wildman–Crippen MR) is 35.9 cm³/mol. The third-order valence-corrected chi connectivity index (χ3v) is 2.31. The van der Waals surface area contributed by atoms with E-state index >= 15 is 0 Å². The molecule has 0 aliphatic heterocycles. The largest absolute Gasteiger partial charge is 0.315 e. The molecule has 1 heteroatoms. The molecule has 0 aromatic carbocycles. The molecular formula is C7H15N. The molecule has 48 valence electrons. The second kappa shape index (κ2) is 2.06. The lowest BCUT2D eigenvalue weighted by atomic mass is 10.0. The first-order valence-corrected chi connectivity index (χ1v) is 3.46. The summed E-state index contributed by atoms with van der Waals surface area (Å²) in [5, 5.41) is 3.34. The lowest BCUT2D eigenvalue weighted by Crippen LogP contribution is -2.35. The van der Waals surface area contributed by atoms with E-state index in [-0.39, 0.29) is 0 Å². The zero-order valence-corrected chi connectivity index (χ0v) is 5.83. The van der Waals surface area contributed by atoms with Crippen LogP contribution in [-0.4, -0.2) is 12.6 Å². The van der Waals surface area contributed by atoms with Gasteiger partial charge in [0.15, 0.2) is 0 Å². The first kappa shape index (κ1) is 6.09. The summed E-state index contributed by atoms with van der Waals surface area (Å²) in [6.45, 7) is 2.31. The van der Waals surface area contributed by atoms with Crippen molar-refractivity contribution in [2.24, 2.45) is 0 Å². The van der Waals surface area contributed by atoms with Crippen molar-refractivity contribution in [1.82, 2.24) is 5.32 Å². The number of nitrogens with one attached hydrogen (secondary N) is 1. The fourth-order valence-electron chi connectivity index (χ4n) is 1.41. The number of hydrogen-bond acceptors (Lipinski definition) is 1. The highest BCUT2D eigenvalue weighted by atomic mass is 14.9. The van der Waals surface area contributed by atoms with Gasteiger partial charge in [-0.05, 0) is 26.8 Å². The van der Waals surface area contributed by atoms with E-state index in [9.17, 15) is 0 Å². The van der Waals surface area contributed by atoms with E-state index in [1.54, 1.807) is 0 Å². The molecule has 0 aromatic heterocycles. The van der Waals surface area contributed by atoms with Crippen LogP contribution >= 0.6 is 0 Å². The molecule has 0 amide bonds. The Morgan fingerprint density at radius 3 is 2.00 bits per heavy atom. The normalized spacial score (nSPS) is 26.2. The van der Waals surface area contributed by atoms with Crippen LogP contribution in [0.5, 0.6) is 0 Å². The summed E-state index contributed by atoms with van der Waals surface area (Å²) in [7, 11) is 2.06. The van der Waals surface area contributed by atoms with E-state index in [1.807, 2.05) is 0 Å². The van der Waals surface area contributed by atoms with Crippen LogP contribution in [0.1, 0.15) is 32.6 Å². The van der Waals surface area contributed by atoms with E-state index in [4.69, 9.17) is 0 Å². The van der Waals surface area contributed by atoms with Gasteiger partial charge < -0.3 is 5.32 Å². The highest BCUT2D eigenvalue weighted by Crippen LogP contribution is 2.27. The van der Waals surface area contributed by atoms with Crippen molar-refractivity contribution in [3.63, 3.8) is 0 Å². The molecular weight excluding hydrogens is 98.1 g/mol. The number of hydrogen-bond donors (Lipinski definition) is 1. The minimum atomic E-state index is 0.486. The van der Waals surface area contributed by atoms with Crippen molar-refractivity contribution in [3.05, 3.63) is 0 Å². The first-order valence-electron chi connectivity index (χ1n) is 3.46. The van der Waals surface area contributed by atoms with Crippen molar-refractivity contribution in [3.8, 4) is 0 Å². The van der Waals surface area contributed by atoms with E-state index in [0.29, 0.717) is 5.54 Å². The van der Waals surface area contributed by atoms with Gasteiger partial charge in [-0.2, -0.15) is 0 Å². The Morgan fingerprint density at radius 1 is 1.25 bits per heavy atom. The van der Waals surface area contributed by atoms with Gasteiger partial charge in [0.2, 0.25) is 0 Å². The van der Waals surface area contributed by atoms with E-state index in [1.165, 1.54) is 25.7 Å². The van der Waals surface area contributed by atoms with E-state index in [2.05, 4.69) is 19.3 Å². The van der Waals surface area contributed by atoms with Gasteiger partial charge in [-0.3, -0.25) is 0 Å². The zero-order chi connectivity index (χ0) is 6.04. The molecule has 0 saturated heterocycles. The maximum atomic E-state index is 3.34. The second-order valence-electron chi connectivity index (χ2n) is 3.02. The Balaban J connectivity index is 2.40. The first-order chi connectivity index (χ1) is 3.77.